The van der Waals surface area contributed by atoms with Gasteiger partial charge < -0.3 is 14.7 Å². The average Bonchev–Trinajstić information content (AvgIpc) is 3.49. The number of carboxylic acids is 1. The highest BCUT2D eigenvalue weighted by Crippen LogP contribution is 2.43. The summed E-state index contributed by atoms with van der Waals surface area (Å²) in [5.74, 6) is -4.17. The molecule has 160 valence electrons. The van der Waals surface area contributed by atoms with Crippen LogP contribution in [0, 0.1) is 29.4 Å². The Morgan fingerprint density at radius 3 is 2.53 bits per heavy atom. The number of Topliss-reactive ketones (excluding diaryl/α,β-unsaturated/α-hetero) is 1. The van der Waals surface area contributed by atoms with E-state index in [0.29, 0.717) is 18.3 Å². The number of pyridine rings is 1. The van der Waals surface area contributed by atoms with Crippen molar-refractivity contribution in [3.63, 3.8) is 0 Å². The molecule has 1 aliphatic rings. The number of benzene rings is 1. The van der Waals surface area contributed by atoms with E-state index in [-0.39, 0.29) is 34.5 Å². The molecule has 0 bridgehead atoms. The standard InChI is InChI=1S/C21H21ClF2N2O4/c1-10(2)9-26(17-6-14(22)15(23)7-16(17)24)11-4-18(30-3)19(25-8-11)20(27)12-5-13(12)21(28)29/h4,6-8,10,12-13H,5,9H2,1-3H3,(H,28,29)/t12-,13-/m0/s1. The summed E-state index contributed by atoms with van der Waals surface area (Å²) < 4.78 is 33.5. The van der Waals surface area contributed by atoms with Crippen molar-refractivity contribution in [2.24, 2.45) is 17.8 Å². The molecule has 0 saturated heterocycles. The Morgan fingerprint density at radius 1 is 1.27 bits per heavy atom. The Labute approximate surface area is 177 Å². The summed E-state index contributed by atoms with van der Waals surface area (Å²) in [5.41, 5.74) is 0.507. The molecule has 0 unspecified atom stereocenters. The number of carboxylic acid groups (broad SMARTS) is 1. The molecular weight excluding hydrogens is 418 g/mol. The number of nitrogens with zero attached hydrogens (tertiary/aromatic N) is 2. The van der Waals surface area contributed by atoms with Gasteiger partial charge in [-0.05, 0) is 18.4 Å². The van der Waals surface area contributed by atoms with Crippen LogP contribution in [0.2, 0.25) is 5.02 Å². The smallest absolute Gasteiger partial charge is 0.307 e. The normalized spacial score (nSPS) is 17.7. The zero-order chi connectivity index (χ0) is 22.2. The van der Waals surface area contributed by atoms with Crippen LogP contribution in [0.5, 0.6) is 5.75 Å². The van der Waals surface area contributed by atoms with Gasteiger partial charge in [-0.15, -0.1) is 0 Å². The fourth-order valence-corrected chi connectivity index (χ4v) is 3.44. The molecule has 1 N–H and O–H groups in total. The number of aliphatic carboxylic acids is 1. The third-order valence-electron chi connectivity index (χ3n) is 4.88. The van der Waals surface area contributed by atoms with E-state index < -0.39 is 35.2 Å². The average molecular weight is 439 g/mol. The monoisotopic (exact) mass is 438 g/mol. The van der Waals surface area contributed by atoms with E-state index in [1.165, 1.54) is 25.4 Å². The molecule has 1 saturated carbocycles. The van der Waals surface area contributed by atoms with Gasteiger partial charge in [-0.25, -0.2) is 13.8 Å². The molecule has 2 atom stereocenters. The predicted molar refractivity (Wildman–Crippen MR) is 108 cm³/mol. The van der Waals surface area contributed by atoms with Crippen LogP contribution in [-0.4, -0.2) is 35.5 Å². The lowest BCUT2D eigenvalue weighted by atomic mass is 10.1. The van der Waals surface area contributed by atoms with Crippen LogP contribution in [0.25, 0.3) is 0 Å². The maximum atomic E-state index is 14.5. The van der Waals surface area contributed by atoms with Crippen molar-refractivity contribution < 1.29 is 28.2 Å². The number of aromatic nitrogens is 1. The van der Waals surface area contributed by atoms with Crippen molar-refractivity contribution in [1.82, 2.24) is 4.98 Å². The van der Waals surface area contributed by atoms with E-state index in [0.717, 1.165) is 0 Å². The Bertz CT molecular complexity index is 999. The Kier molecular flexibility index (Phi) is 6.26. The lowest BCUT2D eigenvalue weighted by Crippen LogP contribution is -2.24. The molecule has 1 aromatic carbocycles. The molecular formula is C21H21ClF2N2O4. The van der Waals surface area contributed by atoms with Gasteiger partial charge >= 0.3 is 5.97 Å². The van der Waals surface area contributed by atoms with Gasteiger partial charge in [0.1, 0.15) is 23.1 Å². The van der Waals surface area contributed by atoms with Crippen molar-refractivity contribution in [3.05, 3.63) is 46.7 Å². The highest BCUT2D eigenvalue weighted by Gasteiger charge is 2.49. The second-order valence-electron chi connectivity index (χ2n) is 7.62. The second kappa shape index (κ2) is 8.55. The minimum atomic E-state index is -1.02. The molecule has 0 amide bonds. The summed E-state index contributed by atoms with van der Waals surface area (Å²) >= 11 is 5.86. The number of carbonyl (C=O) groups is 2. The van der Waals surface area contributed by atoms with E-state index in [4.69, 9.17) is 21.4 Å². The van der Waals surface area contributed by atoms with E-state index in [1.54, 1.807) is 4.90 Å². The van der Waals surface area contributed by atoms with Crippen molar-refractivity contribution in [2.75, 3.05) is 18.6 Å². The largest absolute Gasteiger partial charge is 0.494 e. The molecule has 0 aliphatic heterocycles. The van der Waals surface area contributed by atoms with Gasteiger partial charge in [0.15, 0.2) is 5.78 Å². The zero-order valence-corrected chi connectivity index (χ0v) is 17.4. The summed E-state index contributed by atoms with van der Waals surface area (Å²) in [7, 11) is 1.36. The number of hydrogen-bond donors (Lipinski definition) is 1. The first-order valence-corrected chi connectivity index (χ1v) is 9.75. The third-order valence-corrected chi connectivity index (χ3v) is 5.17. The Balaban J connectivity index is 2.00. The van der Waals surface area contributed by atoms with Crippen LogP contribution in [0.1, 0.15) is 30.8 Å². The van der Waals surface area contributed by atoms with Crippen molar-refractivity contribution in [3.8, 4) is 5.75 Å². The number of methoxy groups -OCH3 is 1. The summed E-state index contributed by atoms with van der Waals surface area (Å²) in [6.45, 7) is 4.22. The van der Waals surface area contributed by atoms with E-state index in [9.17, 15) is 18.4 Å². The van der Waals surface area contributed by atoms with E-state index in [2.05, 4.69) is 4.98 Å². The topological polar surface area (TPSA) is 79.7 Å². The molecule has 6 nitrogen and oxygen atoms in total. The number of carbonyl (C=O) groups excluding carboxylic acids is 1. The molecule has 3 rings (SSSR count). The Hall–Kier alpha value is -2.74. The van der Waals surface area contributed by atoms with Gasteiger partial charge in [0, 0.05) is 24.6 Å². The van der Waals surface area contributed by atoms with Crippen LogP contribution < -0.4 is 9.64 Å². The van der Waals surface area contributed by atoms with Gasteiger partial charge in [0.05, 0.1) is 35.6 Å². The number of rotatable bonds is 8. The first kappa shape index (κ1) is 22.0. The van der Waals surface area contributed by atoms with Gasteiger partial charge in [-0.2, -0.15) is 0 Å². The molecule has 30 heavy (non-hydrogen) atoms. The minimum Gasteiger partial charge on any atom is -0.494 e. The molecule has 9 heteroatoms. The molecule has 1 aliphatic carbocycles. The van der Waals surface area contributed by atoms with Crippen LogP contribution >= 0.6 is 11.6 Å². The Morgan fingerprint density at radius 2 is 1.97 bits per heavy atom. The summed E-state index contributed by atoms with van der Waals surface area (Å²) in [6.07, 6.45) is 1.65. The van der Waals surface area contributed by atoms with E-state index in [1.807, 2.05) is 13.8 Å². The number of ketones is 1. The predicted octanol–water partition coefficient (Wildman–Crippen LogP) is 4.72. The quantitative estimate of drug-likeness (QED) is 0.474. The summed E-state index contributed by atoms with van der Waals surface area (Å²) in [5, 5.41) is 8.84. The van der Waals surface area contributed by atoms with Gasteiger partial charge in [0.25, 0.3) is 0 Å². The highest BCUT2D eigenvalue weighted by atomic mass is 35.5. The van der Waals surface area contributed by atoms with Crippen LogP contribution in [0.4, 0.5) is 20.2 Å². The van der Waals surface area contributed by atoms with Gasteiger partial charge in [0.2, 0.25) is 0 Å². The van der Waals surface area contributed by atoms with Crippen molar-refractivity contribution in [2.45, 2.75) is 20.3 Å². The van der Waals surface area contributed by atoms with Crippen LogP contribution in [-0.2, 0) is 4.79 Å². The molecule has 0 spiro atoms. The maximum Gasteiger partial charge on any atom is 0.307 e. The number of anilines is 2. The fourth-order valence-electron chi connectivity index (χ4n) is 3.28. The molecule has 1 heterocycles. The zero-order valence-electron chi connectivity index (χ0n) is 16.7. The maximum absolute atomic E-state index is 14.5. The number of halogens is 3. The van der Waals surface area contributed by atoms with Gasteiger partial charge in [-0.1, -0.05) is 25.4 Å². The second-order valence-corrected chi connectivity index (χ2v) is 8.02. The third kappa shape index (κ3) is 4.38. The fraction of sp³-hybridized carbons (Fsp3) is 0.381. The van der Waals surface area contributed by atoms with Gasteiger partial charge in [-0.3, -0.25) is 9.59 Å². The number of ether oxygens (including phenoxy) is 1. The lowest BCUT2D eigenvalue weighted by molar-refractivity contribution is -0.138. The number of hydrogen-bond acceptors (Lipinski definition) is 5. The van der Waals surface area contributed by atoms with Crippen molar-refractivity contribution in [1.29, 1.82) is 0 Å². The van der Waals surface area contributed by atoms with Crippen LogP contribution in [0.15, 0.2) is 24.4 Å². The van der Waals surface area contributed by atoms with Crippen molar-refractivity contribution >= 4 is 34.7 Å². The molecule has 1 aromatic heterocycles. The summed E-state index contributed by atoms with van der Waals surface area (Å²) in [6, 6.07) is 3.44. The van der Waals surface area contributed by atoms with Crippen LogP contribution in [0.3, 0.4) is 0 Å². The van der Waals surface area contributed by atoms with E-state index >= 15 is 0 Å². The molecule has 1 fully saturated rings. The first-order valence-electron chi connectivity index (χ1n) is 9.37. The highest BCUT2D eigenvalue weighted by molar-refractivity contribution is 6.31. The summed E-state index contributed by atoms with van der Waals surface area (Å²) in [4.78, 5) is 29.5. The molecule has 0 radical (unpaired) electrons. The SMILES string of the molecule is COc1cc(N(CC(C)C)c2cc(Cl)c(F)cc2F)cnc1C(=O)[C@H]1C[C@@H]1C(=O)O. The lowest BCUT2D eigenvalue weighted by Gasteiger charge is -2.27. The molecule has 2 aromatic rings. The minimum absolute atomic E-state index is 0.0251. The first-order chi connectivity index (χ1) is 14.1.